The molecule has 0 unspecified atom stereocenters. The van der Waals surface area contributed by atoms with Gasteiger partial charge in [0.2, 0.25) is 23.6 Å². The minimum Gasteiger partial charge on any atom is -0.337 e. The van der Waals surface area contributed by atoms with E-state index < -0.39 is 22.2 Å². The van der Waals surface area contributed by atoms with Gasteiger partial charge in [0.25, 0.3) is 0 Å². The number of hydrogen-bond acceptors (Lipinski definition) is 4. The van der Waals surface area contributed by atoms with Crippen LogP contribution in [0.1, 0.15) is 55.4 Å². The molecule has 0 aromatic heterocycles. The third-order valence-electron chi connectivity index (χ3n) is 6.54. The topological polar surface area (TPSA) is 81.2 Å². The lowest BCUT2D eigenvalue weighted by Crippen LogP contribution is -2.74. The number of carbonyl (C=O) groups excluding carboxylic acids is 4. The fourth-order valence-electron chi connectivity index (χ4n) is 5.63. The highest BCUT2D eigenvalue weighted by atomic mass is 16.2. The van der Waals surface area contributed by atoms with E-state index in [9.17, 15) is 19.2 Å². The standard InChI is InChI=1S/C24H38N4O4/c1-11-17(29)27-21(3,4)15-25(19(31)23(27,7)8)13-14-26-16-22(5,6)28(18(30)12-2)24(9,10)20(26)32/h11-12H,1-2,13-16H2,3-10H3. The van der Waals surface area contributed by atoms with Gasteiger partial charge in [-0.25, -0.2) is 0 Å². The second-order valence-electron chi connectivity index (χ2n) is 11.0. The lowest BCUT2D eigenvalue weighted by atomic mass is 9.85. The fraction of sp³-hybridized carbons (Fsp3) is 0.667. The van der Waals surface area contributed by atoms with Crippen molar-refractivity contribution in [2.24, 2.45) is 0 Å². The van der Waals surface area contributed by atoms with E-state index in [1.54, 1.807) is 47.3 Å². The number of carbonyl (C=O) groups is 4. The van der Waals surface area contributed by atoms with Crippen LogP contribution in [0.5, 0.6) is 0 Å². The summed E-state index contributed by atoms with van der Waals surface area (Å²) in [6.45, 7) is 23.2. The molecule has 2 fully saturated rings. The van der Waals surface area contributed by atoms with Gasteiger partial charge in [-0.3, -0.25) is 19.2 Å². The van der Waals surface area contributed by atoms with E-state index in [0.29, 0.717) is 26.2 Å². The van der Waals surface area contributed by atoms with Crippen LogP contribution in [0, 0.1) is 0 Å². The van der Waals surface area contributed by atoms with Crippen molar-refractivity contribution >= 4 is 23.6 Å². The molecule has 8 heteroatoms. The molecule has 2 aliphatic heterocycles. The summed E-state index contributed by atoms with van der Waals surface area (Å²) in [4.78, 5) is 58.2. The molecule has 2 aliphatic rings. The third-order valence-corrected chi connectivity index (χ3v) is 6.54. The smallest absolute Gasteiger partial charge is 0.248 e. The molecule has 0 bridgehead atoms. The summed E-state index contributed by atoms with van der Waals surface area (Å²) in [6.07, 6.45) is 2.47. The molecule has 8 nitrogen and oxygen atoms in total. The van der Waals surface area contributed by atoms with Crippen LogP contribution in [-0.2, 0) is 19.2 Å². The van der Waals surface area contributed by atoms with Crippen molar-refractivity contribution in [2.75, 3.05) is 26.2 Å². The van der Waals surface area contributed by atoms with Crippen LogP contribution in [0.4, 0.5) is 0 Å². The minimum absolute atomic E-state index is 0.168. The molecule has 0 spiro atoms. The van der Waals surface area contributed by atoms with Gasteiger partial charge in [-0.2, -0.15) is 0 Å². The highest BCUT2D eigenvalue weighted by molar-refractivity contribution is 5.97. The summed E-state index contributed by atoms with van der Waals surface area (Å²) in [6, 6.07) is 0. The van der Waals surface area contributed by atoms with Crippen molar-refractivity contribution in [2.45, 2.75) is 77.5 Å². The Bertz CT molecular complexity index is 786. The zero-order valence-electron chi connectivity index (χ0n) is 20.8. The largest absolute Gasteiger partial charge is 0.337 e. The van der Waals surface area contributed by atoms with Crippen LogP contribution in [0.3, 0.4) is 0 Å². The van der Waals surface area contributed by atoms with Crippen LogP contribution >= 0.6 is 0 Å². The second kappa shape index (κ2) is 8.05. The van der Waals surface area contributed by atoms with E-state index in [0.717, 1.165) is 0 Å². The number of hydrogen-bond donors (Lipinski definition) is 0. The normalized spacial score (nSPS) is 23.8. The van der Waals surface area contributed by atoms with Crippen LogP contribution in [-0.4, -0.2) is 91.6 Å². The van der Waals surface area contributed by atoms with E-state index in [2.05, 4.69) is 13.2 Å². The van der Waals surface area contributed by atoms with Gasteiger partial charge in [-0.1, -0.05) is 13.2 Å². The van der Waals surface area contributed by atoms with Crippen molar-refractivity contribution in [3.63, 3.8) is 0 Å². The Balaban J connectivity index is 2.25. The summed E-state index contributed by atoms with van der Waals surface area (Å²) in [5.41, 5.74) is -3.27. The van der Waals surface area contributed by atoms with Crippen LogP contribution in [0.25, 0.3) is 0 Å². The van der Waals surface area contributed by atoms with Crippen molar-refractivity contribution < 1.29 is 19.2 Å². The quantitative estimate of drug-likeness (QED) is 0.603. The predicted octanol–water partition coefficient (Wildman–Crippen LogP) is 1.81. The van der Waals surface area contributed by atoms with Crippen molar-refractivity contribution in [1.29, 1.82) is 0 Å². The molecule has 178 valence electrons. The summed E-state index contributed by atoms with van der Waals surface area (Å²) in [5, 5.41) is 0. The fourth-order valence-corrected chi connectivity index (χ4v) is 5.63. The van der Waals surface area contributed by atoms with Crippen molar-refractivity contribution in [1.82, 2.24) is 19.6 Å². The van der Waals surface area contributed by atoms with E-state index in [4.69, 9.17) is 0 Å². The molecular formula is C24H38N4O4. The Labute approximate surface area is 191 Å². The zero-order chi connectivity index (χ0) is 24.9. The molecule has 0 aromatic rings. The number of piperazine rings is 2. The van der Waals surface area contributed by atoms with E-state index in [-0.39, 0.29) is 23.6 Å². The summed E-state index contributed by atoms with van der Waals surface area (Å²) < 4.78 is 0. The first-order valence-corrected chi connectivity index (χ1v) is 11.0. The maximum absolute atomic E-state index is 13.3. The van der Waals surface area contributed by atoms with Crippen molar-refractivity contribution in [3.05, 3.63) is 25.3 Å². The average molecular weight is 447 g/mol. The van der Waals surface area contributed by atoms with Crippen LogP contribution in [0.15, 0.2) is 25.3 Å². The van der Waals surface area contributed by atoms with Gasteiger partial charge < -0.3 is 19.6 Å². The Morgan fingerprint density at radius 2 is 1.00 bits per heavy atom. The minimum atomic E-state index is -1.04. The Morgan fingerprint density at radius 3 is 1.25 bits per heavy atom. The van der Waals surface area contributed by atoms with Gasteiger partial charge in [-0.05, 0) is 67.5 Å². The molecule has 0 saturated carbocycles. The van der Waals surface area contributed by atoms with Crippen LogP contribution < -0.4 is 0 Å². The van der Waals surface area contributed by atoms with Gasteiger partial charge in [0.1, 0.15) is 11.1 Å². The number of amides is 4. The van der Waals surface area contributed by atoms with Gasteiger partial charge in [-0.15, -0.1) is 0 Å². The lowest BCUT2D eigenvalue weighted by molar-refractivity contribution is -0.172. The SMILES string of the molecule is C=CC(=O)N1C(C)(C)CN(CCN2CC(C)(C)N(C(=O)C=C)C(C)(C)C2=O)C(=O)C1(C)C. The predicted molar refractivity (Wildman–Crippen MR) is 124 cm³/mol. The van der Waals surface area contributed by atoms with Crippen molar-refractivity contribution in [3.8, 4) is 0 Å². The second-order valence-corrected chi connectivity index (χ2v) is 11.0. The van der Waals surface area contributed by atoms with Crippen LogP contribution in [0.2, 0.25) is 0 Å². The Hall–Kier alpha value is -2.64. The van der Waals surface area contributed by atoms with E-state index >= 15 is 0 Å². The molecule has 32 heavy (non-hydrogen) atoms. The molecule has 0 N–H and O–H groups in total. The zero-order valence-corrected chi connectivity index (χ0v) is 20.8. The third kappa shape index (κ3) is 4.07. The van der Waals surface area contributed by atoms with Gasteiger partial charge in [0.05, 0.1) is 11.1 Å². The highest BCUT2D eigenvalue weighted by Gasteiger charge is 2.54. The summed E-state index contributed by atoms with van der Waals surface area (Å²) >= 11 is 0. The van der Waals surface area contributed by atoms with Gasteiger partial charge >= 0.3 is 0 Å². The molecular weight excluding hydrogens is 408 g/mol. The molecule has 0 aromatic carbocycles. The Kier molecular flexibility index (Phi) is 6.44. The number of rotatable bonds is 5. The molecule has 2 saturated heterocycles. The lowest BCUT2D eigenvalue weighted by Gasteiger charge is -2.56. The Morgan fingerprint density at radius 1 is 0.719 bits per heavy atom. The van der Waals surface area contributed by atoms with E-state index in [1.807, 2.05) is 27.7 Å². The summed E-state index contributed by atoms with van der Waals surface area (Å²) in [7, 11) is 0. The maximum Gasteiger partial charge on any atom is 0.248 e. The van der Waals surface area contributed by atoms with E-state index in [1.165, 1.54) is 12.2 Å². The average Bonchev–Trinajstić information content (AvgIpc) is 2.65. The summed E-state index contributed by atoms with van der Waals surface area (Å²) in [5.74, 6) is -0.902. The van der Waals surface area contributed by atoms with Gasteiger partial charge in [0.15, 0.2) is 0 Å². The molecule has 4 amide bonds. The monoisotopic (exact) mass is 446 g/mol. The highest BCUT2D eigenvalue weighted by Crippen LogP contribution is 2.35. The molecule has 2 rings (SSSR count). The molecule has 0 radical (unpaired) electrons. The van der Waals surface area contributed by atoms with Gasteiger partial charge in [0, 0.05) is 26.2 Å². The number of nitrogens with zero attached hydrogens (tertiary/aromatic N) is 4. The first-order chi connectivity index (χ1) is 14.4. The maximum atomic E-state index is 13.3. The first kappa shape index (κ1) is 25.6. The molecule has 0 atom stereocenters. The first-order valence-electron chi connectivity index (χ1n) is 11.0. The molecule has 2 heterocycles. The molecule has 0 aliphatic carbocycles.